The molecule has 0 spiro atoms. The molecule has 1 heterocycles. The molecule has 1 amide bonds. The second-order valence-electron chi connectivity index (χ2n) is 8.00. The van der Waals surface area contributed by atoms with Crippen molar-refractivity contribution in [2.24, 2.45) is 0 Å². The first kappa shape index (κ1) is 23.2. The summed E-state index contributed by atoms with van der Waals surface area (Å²) in [6.07, 6.45) is 1.67. The quantitative estimate of drug-likeness (QED) is 0.282. The molecule has 0 N–H and O–H groups in total. The van der Waals surface area contributed by atoms with Crippen LogP contribution in [0.1, 0.15) is 25.0 Å². The van der Waals surface area contributed by atoms with Crippen molar-refractivity contribution >= 4 is 40.2 Å². The first-order valence-electron chi connectivity index (χ1n) is 11.0. The fourth-order valence-corrected chi connectivity index (χ4v) is 4.65. The van der Waals surface area contributed by atoms with Gasteiger partial charge in [0.1, 0.15) is 5.75 Å². The van der Waals surface area contributed by atoms with Crippen LogP contribution in [0, 0.1) is 6.92 Å². The maximum Gasteiger partial charge on any atom is 0.415 e. The zero-order valence-corrected chi connectivity index (χ0v) is 20.5. The van der Waals surface area contributed by atoms with Gasteiger partial charge >= 0.3 is 6.09 Å². The van der Waals surface area contributed by atoms with Crippen LogP contribution in [-0.2, 0) is 6.54 Å². The van der Waals surface area contributed by atoms with Gasteiger partial charge in [-0.1, -0.05) is 53.0 Å². The second kappa shape index (κ2) is 9.90. The molecule has 4 aromatic rings. The number of benzene rings is 3. The number of hydrogen-bond acceptors (Lipinski definition) is 2. The van der Waals surface area contributed by atoms with Crippen LogP contribution in [-0.4, -0.2) is 28.6 Å². The van der Waals surface area contributed by atoms with Crippen LogP contribution >= 0.6 is 23.2 Å². The molecule has 3 aromatic carbocycles. The summed E-state index contributed by atoms with van der Waals surface area (Å²) < 4.78 is 8.06. The molecule has 0 aliphatic rings. The number of ether oxygens (including phenoxy) is 1. The molecule has 0 bridgehead atoms. The van der Waals surface area contributed by atoms with Gasteiger partial charge in [-0.05, 0) is 68.3 Å². The van der Waals surface area contributed by atoms with Gasteiger partial charge in [-0.3, -0.25) is 0 Å². The minimum Gasteiger partial charge on any atom is -0.410 e. The predicted molar refractivity (Wildman–Crippen MR) is 137 cm³/mol. The van der Waals surface area contributed by atoms with Crippen LogP contribution in [0.4, 0.5) is 4.79 Å². The van der Waals surface area contributed by atoms with E-state index in [0.29, 0.717) is 28.9 Å². The predicted octanol–water partition coefficient (Wildman–Crippen LogP) is 7.81. The average Bonchev–Trinajstić information content (AvgIpc) is 3.16. The van der Waals surface area contributed by atoms with Gasteiger partial charge in [0.25, 0.3) is 0 Å². The largest absolute Gasteiger partial charge is 0.415 e. The fraction of sp³-hybridized carbons (Fsp3) is 0.222. The van der Waals surface area contributed by atoms with Crippen molar-refractivity contribution in [2.75, 3.05) is 13.1 Å². The number of hydrogen-bond donors (Lipinski definition) is 0. The molecule has 170 valence electrons. The van der Waals surface area contributed by atoms with Crippen molar-refractivity contribution < 1.29 is 9.53 Å². The van der Waals surface area contributed by atoms with Crippen molar-refractivity contribution in [3.05, 3.63) is 88.0 Å². The maximum atomic E-state index is 12.8. The Balaban J connectivity index is 1.84. The summed E-state index contributed by atoms with van der Waals surface area (Å²) in [7, 11) is 0. The summed E-state index contributed by atoms with van der Waals surface area (Å²) >= 11 is 12.7. The maximum absolute atomic E-state index is 12.8. The third-order valence-electron chi connectivity index (χ3n) is 5.72. The smallest absolute Gasteiger partial charge is 0.410 e. The lowest BCUT2D eigenvalue weighted by molar-refractivity contribution is 0.157. The summed E-state index contributed by atoms with van der Waals surface area (Å²) in [5.74, 6) is 0.478. The van der Waals surface area contributed by atoms with Gasteiger partial charge in [0, 0.05) is 52.3 Å². The highest BCUT2D eigenvalue weighted by Crippen LogP contribution is 2.40. The van der Waals surface area contributed by atoms with Gasteiger partial charge in [0.2, 0.25) is 0 Å². The van der Waals surface area contributed by atoms with Gasteiger partial charge < -0.3 is 14.2 Å². The van der Waals surface area contributed by atoms with Crippen molar-refractivity contribution in [2.45, 2.75) is 27.3 Å². The fourth-order valence-electron chi connectivity index (χ4n) is 4.12. The molecule has 0 radical (unpaired) electrons. The molecule has 0 fully saturated rings. The molecular weight excluding hydrogens is 455 g/mol. The Labute approximate surface area is 204 Å². The number of fused-ring (bicyclic) bond motifs is 1. The zero-order valence-electron chi connectivity index (χ0n) is 18.9. The highest BCUT2D eigenvalue weighted by atomic mass is 35.5. The molecule has 0 saturated carbocycles. The first-order chi connectivity index (χ1) is 15.9. The van der Waals surface area contributed by atoms with E-state index in [0.717, 1.165) is 28.6 Å². The Morgan fingerprint density at radius 3 is 2.36 bits per heavy atom. The Kier molecular flexibility index (Phi) is 6.96. The Hall–Kier alpha value is -2.95. The Bertz CT molecular complexity index is 1290. The topological polar surface area (TPSA) is 34.5 Å². The number of nitrogens with zero attached hydrogens (tertiary/aromatic N) is 2. The van der Waals surface area contributed by atoms with Crippen LogP contribution < -0.4 is 4.74 Å². The highest BCUT2D eigenvalue weighted by molar-refractivity contribution is 6.35. The van der Waals surface area contributed by atoms with Crippen molar-refractivity contribution in [3.63, 3.8) is 0 Å². The average molecular weight is 481 g/mol. The van der Waals surface area contributed by atoms with Gasteiger partial charge in [0.15, 0.2) is 0 Å². The lowest BCUT2D eigenvalue weighted by atomic mass is 10.0. The normalized spacial score (nSPS) is 11.1. The number of rotatable bonds is 6. The second-order valence-corrected chi connectivity index (χ2v) is 8.88. The van der Waals surface area contributed by atoms with Gasteiger partial charge in [0.05, 0.1) is 0 Å². The summed E-state index contributed by atoms with van der Waals surface area (Å²) in [5, 5.41) is 2.01. The van der Waals surface area contributed by atoms with Crippen molar-refractivity contribution in [3.8, 4) is 16.9 Å². The SMILES string of the molecule is CCN(CC)C(=O)Oc1ccc2c(ccn2Cc2cccc(C)c2)c1-c1cc(Cl)cc(Cl)c1. The van der Waals surface area contributed by atoms with E-state index in [1.807, 2.05) is 44.2 Å². The molecule has 4 rings (SSSR count). The van der Waals surface area contributed by atoms with E-state index >= 15 is 0 Å². The first-order valence-corrected chi connectivity index (χ1v) is 11.8. The summed E-state index contributed by atoms with van der Waals surface area (Å²) in [6, 6.07) is 19.7. The molecule has 0 atom stereocenters. The van der Waals surface area contributed by atoms with Crippen LogP contribution in [0.15, 0.2) is 66.9 Å². The molecule has 0 unspecified atom stereocenters. The van der Waals surface area contributed by atoms with E-state index in [9.17, 15) is 4.79 Å². The number of carbonyl (C=O) groups excluding carboxylic acids is 1. The van der Waals surface area contributed by atoms with Crippen LogP contribution in [0.5, 0.6) is 5.75 Å². The molecular formula is C27H26Cl2N2O2. The lowest BCUT2D eigenvalue weighted by Gasteiger charge is -2.20. The van der Waals surface area contributed by atoms with E-state index < -0.39 is 0 Å². The van der Waals surface area contributed by atoms with Gasteiger partial charge in [-0.25, -0.2) is 4.79 Å². The van der Waals surface area contributed by atoms with E-state index in [1.165, 1.54) is 11.1 Å². The molecule has 0 saturated heterocycles. The molecule has 1 aromatic heterocycles. The van der Waals surface area contributed by atoms with Crippen LogP contribution in [0.2, 0.25) is 10.0 Å². The summed E-state index contributed by atoms with van der Waals surface area (Å²) in [6.45, 7) is 7.83. The number of halogens is 2. The minimum absolute atomic E-state index is 0.382. The number of aryl methyl sites for hydroxylation is 1. The van der Waals surface area contributed by atoms with Crippen LogP contribution in [0.3, 0.4) is 0 Å². The van der Waals surface area contributed by atoms with E-state index in [2.05, 4.69) is 42.0 Å². The van der Waals surface area contributed by atoms with Crippen molar-refractivity contribution in [1.29, 1.82) is 0 Å². The van der Waals surface area contributed by atoms with E-state index in [-0.39, 0.29) is 6.09 Å². The molecule has 4 nitrogen and oxygen atoms in total. The molecule has 0 aliphatic carbocycles. The monoisotopic (exact) mass is 480 g/mol. The lowest BCUT2D eigenvalue weighted by Crippen LogP contribution is -2.33. The third-order valence-corrected chi connectivity index (χ3v) is 6.16. The van der Waals surface area contributed by atoms with Gasteiger partial charge in [-0.15, -0.1) is 0 Å². The minimum atomic E-state index is -0.382. The number of amides is 1. The van der Waals surface area contributed by atoms with Gasteiger partial charge in [-0.2, -0.15) is 0 Å². The summed E-state index contributed by atoms with van der Waals surface area (Å²) in [5.41, 5.74) is 5.07. The molecule has 33 heavy (non-hydrogen) atoms. The molecule has 6 heteroatoms. The van der Waals surface area contributed by atoms with Crippen molar-refractivity contribution in [1.82, 2.24) is 9.47 Å². The van der Waals surface area contributed by atoms with E-state index in [1.54, 1.807) is 11.0 Å². The van der Waals surface area contributed by atoms with E-state index in [4.69, 9.17) is 27.9 Å². The summed E-state index contributed by atoms with van der Waals surface area (Å²) in [4.78, 5) is 14.4. The number of carbonyl (C=O) groups is 1. The Morgan fingerprint density at radius 2 is 1.70 bits per heavy atom. The Morgan fingerprint density at radius 1 is 0.970 bits per heavy atom. The molecule has 0 aliphatic heterocycles. The zero-order chi connectivity index (χ0) is 23.5. The number of aromatic nitrogens is 1. The highest BCUT2D eigenvalue weighted by Gasteiger charge is 2.19. The third kappa shape index (κ3) is 5.02. The standard InChI is InChI=1S/C27H26Cl2N2O2/c1-4-30(5-2)27(32)33-25-10-9-24-23(26(25)20-14-21(28)16-22(29)15-20)11-12-31(24)17-19-8-6-7-18(3)13-19/h6-16H,4-5,17H2,1-3H3. The van der Waals surface area contributed by atoms with Crippen LogP contribution in [0.25, 0.3) is 22.0 Å².